The Hall–Kier alpha value is -0.540. The normalized spacial score (nSPS) is 15.1. The van der Waals surface area contributed by atoms with Crippen LogP contribution in [0.3, 0.4) is 0 Å². The smallest absolute Gasteiger partial charge is 0.247 e. The van der Waals surface area contributed by atoms with Gasteiger partial charge in [-0.1, -0.05) is 0 Å². The maximum atomic E-state index is 11.2. The number of hydrogen-bond donors (Lipinski definition) is 1. The molecule has 0 amide bonds. The van der Waals surface area contributed by atoms with Crippen LogP contribution in [0.1, 0.15) is 5.56 Å². The van der Waals surface area contributed by atoms with Crippen molar-refractivity contribution in [3.8, 4) is 0 Å². The highest BCUT2D eigenvalue weighted by molar-refractivity contribution is 7.99. The van der Waals surface area contributed by atoms with E-state index in [-0.39, 0.29) is 4.21 Å². The second-order valence-electron chi connectivity index (χ2n) is 3.39. The molecule has 2 heterocycles. The van der Waals surface area contributed by atoms with E-state index in [9.17, 15) is 8.42 Å². The van der Waals surface area contributed by atoms with Crippen LogP contribution in [0.25, 0.3) is 6.08 Å². The Bertz CT molecular complexity index is 536. The quantitative estimate of drug-likeness (QED) is 0.848. The monoisotopic (exact) mass is 292 g/mol. The maximum absolute atomic E-state index is 11.2. The summed E-state index contributed by atoms with van der Waals surface area (Å²) < 4.78 is 30.6. The average Bonchev–Trinajstić information content (AvgIpc) is 2.68. The summed E-state index contributed by atoms with van der Waals surface area (Å²) in [6, 6.07) is 1.60. The number of ether oxygens (including phenoxy) is 1. The average molecular weight is 292 g/mol. The van der Waals surface area contributed by atoms with Gasteiger partial charge in [0.05, 0.1) is 17.4 Å². The van der Waals surface area contributed by atoms with Gasteiger partial charge in [0.1, 0.15) is 4.21 Å². The topological polar surface area (TPSA) is 72.6 Å². The Kier molecular flexibility index (Phi) is 3.79. The van der Waals surface area contributed by atoms with Gasteiger partial charge in [-0.25, -0.2) is 13.6 Å². The molecule has 0 saturated heterocycles. The fraction of sp³-hybridized carbons (Fsp3) is 0.333. The number of hydrogen-bond acceptors (Lipinski definition) is 6. The SMILES string of the molecule is COCCN1C=Cc2cc(S(N)(=O)=O)sc2S1. The van der Waals surface area contributed by atoms with Crippen molar-refractivity contribution in [3.05, 3.63) is 17.8 Å². The number of fused-ring (bicyclic) bond motifs is 1. The first-order valence-electron chi connectivity index (χ1n) is 4.79. The molecule has 0 aromatic carbocycles. The molecule has 0 fully saturated rings. The van der Waals surface area contributed by atoms with E-state index in [1.165, 1.54) is 23.3 Å². The summed E-state index contributed by atoms with van der Waals surface area (Å²) in [5.74, 6) is 0. The Morgan fingerprint density at radius 2 is 2.29 bits per heavy atom. The molecule has 8 heteroatoms. The summed E-state index contributed by atoms with van der Waals surface area (Å²) >= 11 is 2.69. The molecular weight excluding hydrogens is 280 g/mol. The van der Waals surface area contributed by atoms with Crippen molar-refractivity contribution in [1.82, 2.24) is 4.31 Å². The largest absolute Gasteiger partial charge is 0.383 e. The van der Waals surface area contributed by atoms with Crippen molar-refractivity contribution in [2.24, 2.45) is 5.14 Å². The predicted molar refractivity (Wildman–Crippen MR) is 69.2 cm³/mol. The molecule has 1 aromatic heterocycles. The van der Waals surface area contributed by atoms with E-state index in [0.717, 1.165) is 16.3 Å². The molecule has 1 aliphatic rings. The molecule has 0 atom stereocenters. The van der Waals surface area contributed by atoms with Crippen LogP contribution in [-0.4, -0.2) is 33.0 Å². The summed E-state index contributed by atoms with van der Waals surface area (Å²) in [6.45, 7) is 1.37. The van der Waals surface area contributed by atoms with E-state index >= 15 is 0 Å². The zero-order valence-corrected chi connectivity index (χ0v) is 11.6. The van der Waals surface area contributed by atoms with Crippen molar-refractivity contribution in [2.75, 3.05) is 20.3 Å². The van der Waals surface area contributed by atoms with Crippen LogP contribution in [0.5, 0.6) is 0 Å². The second kappa shape index (κ2) is 4.99. The third-order valence-corrected chi connectivity index (χ3v) is 5.90. The highest BCUT2D eigenvalue weighted by Gasteiger charge is 2.19. The predicted octanol–water partition coefficient (Wildman–Crippen LogP) is 1.34. The van der Waals surface area contributed by atoms with Crippen LogP contribution in [0.2, 0.25) is 0 Å². The van der Waals surface area contributed by atoms with E-state index in [1.807, 2.05) is 16.6 Å². The van der Waals surface area contributed by atoms with Crippen molar-refractivity contribution >= 4 is 39.4 Å². The molecular formula is C9H12N2O3S3. The Morgan fingerprint density at radius 1 is 1.53 bits per heavy atom. The number of nitrogens with two attached hydrogens (primary N) is 1. The van der Waals surface area contributed by atoms with Crippen molar-refractivity contribution in [3.63, 3.8) is 0 Å². The van der Waals surface area contributed by atoms with Gasteiger partial charge in [0.25, 0.3) is 0 Å². The summed E-state index contributed by atoms with van der Waals surface area (Å²) in [7, 11) is -1.96. The number of primary sulfonamides is 1. The lowest BCUT2D eigenvalue weighted by atomic mass is 10.3. The second-order valence-corrected chi connectivity index (χ2v) is 7.55. The zero-order valence-electron chi connectivity index (χ0n) is 9.12. The van der Waals surface area contributed by atoms with Gasteiger partial charge in [0.2, 0.25) is 10.0 Å². The van der Waals surface area contributed by atoms with Crippen LogP contribution in [-0.2, 0) is 14.8 Å². The Labute approximate surface area is 108 Å². The molecule has 1 aromatic rings. The van der Waals surface area contributed by atoms with E-state index in [1.54, 1.807) is 13.2 Å². The lowest BCUT2D eigenvalue weighted by Gasteiger charge is -2.20. The fourth-order valence-electron chi connectivity index (χ4n) is 1.30. The minimum Gasteiger partial charge on any atom is -0.383 e. The molecule has 2 rings (SSSR count). The van der Waals surface area contributed by atoms with E-state index in [2.05, 4.69) is 0 Å². The number of thiophene rings is 1. The molecule has 0 spiro atoms. The summed E-state index contributed by atoms with van der Waals surface area (Å²) in [5.41, 5.74) is 0.901. The number of methoxy groups -OCH3 is 1. The lowest BCUT2D eigenvalue weighted by Crippen LogP contribution is -2.15. The lowest BCUT2D eigenvalue weighted by molar-refractivity contribution is 0.191. The first-order chi connectivity index (χ1) is 8.00. The van der Waals surface area contributed by atoms with Crippen LogP contribution >= 0.6 is 23.3 Å². The Balaban J connectivity index is 2.18. The summed E-state index contributed by atoms with van der Waals surface area (Å²) in [5, 5.41) is 5.10. The third kappa shape index (κ3) is 3.02. The Morgan fingerprint density at radius 3 is 2.94 bits per heavy atom. The van der Waals surface area contributed by atoms with Crippen LogP contribution in [0, 0.1) is 0 Å². The van der Waals surface area contributed by atoms with Gasteiger partial charge in [0, 0.05) is 18.9 Å². The molecule has 0 saturated carbocycles. The molecule has 0 aliphatic carbocycles. The minimum atomic E-state index is -3.60. The van der Waals surface area contributed by atoms with E-state index in [4.69, 9.17) is 9.88 Å². The molecule has 0 unspecified atom stereocenters. The van der Waals surface area contributed by atoms with Gasteiger partial charge in [-0.3, -0.25) is 0 Å². The molecule has 94 valence electrons. The maximum Gasteiger partial charge on any atom is 0.247 e. The van der Waals surface area contributed by atoms with Gasteiger partial charge in [-0.05, 0) is 24.1 Å². The zero-order chi connectivity index (χ0) is 12.5. The van der Waals surface area contributed by atoms with Crippen molar-refractivity contribution in [2.45, 2.75) is 8.42 Å². The number of nitrogens with zero attached hydrogens (tertiary/aromatic N) is 1. The number of rotatable bonds is 4. The molecule has 1 aliphatic heterocycles. The first-order valence-corrected chi connectivity index (χ1v) is 7.93. The standard InChI is InChI=1S/C9H12N2O3S3/c1-14-5-4-11-3-2-7-6-8(17(10,12)13)15-9(7)16-11/h2-3,6H,4-5H2,1H3,(H2,10,12,13). The van der Waals surface area contributed by atoms with Gasteiger partial charge in [-0.2, -0.15) is 0 Å². The van der Waals surface area contributed by atoms with Crippen molar-refractivity contribution < 1.29 is 13.2 Å². The van der Waals surface area contributed by atoms with Gasteiger partial charge in [0.15, 0.2) is 0 Å². The molecule has 17 heavy (non-hydrogen) atoms. The highest BCUT2D eigenvalue weighted by Crippen LogP contribution is 2.39. The number of sulfonamides is 1. The highest BCUT2D eigenvalue weighted by atomic mass is 32.3. The fourth-order valence-corrected chi connectivity index (χ4v) is 4.51. The van der Waals surface area contributed by atoms with E-state index in [0.29, 0.717) is 6.61 Å². The molecule has 0 bridgehead atoms. The van der Waals surface area contributed by atoms with Crippen molar-refractivity contribution in [1.29, 1.82) is 0 Å². The van der Waals surface area contributed by atoms with Crippen LogP contribution < -0.4 is 5.14 Å². The molecule has 0 radical (unpaired) electrons. The summed E-state index contributed by atoms with van der Waals surface area (Å²) in [6.07, 6.45) is 3.79. The van der Waals surface area contributed by atoms with Gasteiger partial charge < -0.3 is 9.04 Å². The van der Waals surface area contributed by atoms with Crippen LogP contribution in [0.15, 0.2) is 20.7 Å². The van der Waals surface area contributed by atoms with Crippen LogP contribution in [0.4, 0.5) is 0 Å². The first kappa shape index (κ1) is 12.9. The van der Waals surface area contributed by atoms with E-state index < -0.39 is 10.0 Å². The van der Waals surface area contributed by atoms with Gasteiger partial charge >= 0.3 is 0 Å². The van der Waals surface area contributed by atoms with Gasteiger partial charge in [-0.15, -0.1) is 11.3 Å². The third-order valence-electron chi connectivity index (χ3n) is 2.12. The summed E-state index contributed by atoms with van der Waals surface area (Å²) in [4.78, 5) is 0. The minimum absolute atomic E-state index is 0.202. The molecule has 5 nitrogen and oxygen atoms in total. The molecule has 2 N–H and O–H groups in total.